The van der Waals surface area contributed by atoms with E-state index in [2.05, 4.69) is 20.5 Å². The molecular formula is C23H20ClN5O5. The number of ether oxygens (including phenoxy) is 3. The van der Waals surface area contributed by atoms with Gasteiger partial charge in [0.2, 0.25) is 0 Å². The molecule has 0 atom stereocenters. The predicted octanol–water partition coefficient (Wildman–Crippen LogP) is 3.96. The van der Waals surface area contributed by atoms with Crippen molar-refractivity contribution >= 4 is 17.6 Å². The number of carbonyl (C=O) groups is 1. The number of rotatable bonds is 7. The van der Waals surface area contributed by atoms with Crippen molar-refractivity contribution in [3.05, 3.63) is 75.3 Å². The highest BCUT2D eigenvalue weighted by Gasteiger charge is 2.21. The summed E-state index contributed by atoms with van der Waals surface area (Å²) in [6, 6.07) is 12.2. The summed E-state index contributed by atoms with van der Waals surface area (Å²) in [5, 5.41) is 14.4. The lowest BCUT2D eigenvalue weighted by Crippen LogP contribution is -2.21. The smallest absolute Gasteiger partial charge is 0.361 e. The molecule has 0 aliphatic heterocycles. The van der Waals surface area contributed by atoms with E-state index < -0.39 is 11.5 Å². The number of nitrogens with one attached hydrogen (secondary N) is 1. The second-order valence-electron chi connectivity index (χ2n) is 7.08. The van der Waals surface area contributed by atoms with Crippen LogP contribution in [0.25, 0.3) is 16.9 Å². The van der Waals surface area contributed by atoms with Crippen molar-refractivity contribution in [2.75, 3.05) is 13.7 Å². The van der Waals surface area contributed by atoms with Crippen molar-refractivity contribution in [2.45, 2.75) is 13.8 Å². The van der Waals surface area contributed by atoms with Crippen molar-refractivity contribution in [1.82, 2.24) is 25.2 Å². The molecule has 174 valence electrons. The van der Waals surface area contributed by atoms with Crippen molar-refractivity contribution < 1.29 is 19.0 Å². The fourth-order valence-electron chi connectivity index (χ4n) is 3.15. The van der Waals surface area contributed by atoms with E-state index in [9.17, 15) is 9.59 Å². The molecule has 2 aromatic heterocycles. The fourth-order valence-corrected chi connectivity index (χ4v) is 3.32. The van der Waals surface area contributed by atoms with Crippen LogP contribution in [0.5, 0.6) is 17.2 Å². The van der Waals surface area contributed by atoms with E-state index in [4.69, 9.17) is 25.8 Å². The third-order valence-electron chi connectivity index (χ3n) is 4.84. The minimum absolute atomic E-state index is 0.0459. The van der Waals surface area contributed by atoms with Crippen molar-refractivity contribution in [3.63, 3.8) is 0 Å². The lowest BCUT2D eigenvalue weighted by molar-refractivity contribution is 0.0520. The van der Waals surface area contributed by atoms with E-state index in [1.54, 1.807) is 37.3 Å². The number of aryl methyl sites for hydroxylation is 1. The minimum Gasteiger partial charge on any atom is -0.493 e. The van der Waals surface area contributed by atoms with E-state index in [-0.39, 0.29) is 28.8 Å². The number of hydrogen-bond acceptors (Lipinski definition) is 8. The molecule has 34 heavy (non-hydrogen) atoms. The Bertz CT molecular complexity index is 1400. The summed E-state index contributed by atoms with van der Waals surface area (Å²) in [7, 11) is 1.45. The first-order valence-electron chi connectivity index (χ1n) is 10.2. The molecular weight excluding hydrogens is 462 g/mol. The van der Waals surface area contributed by atoms with Gasteiger partial charge in [0, 0.05) is 5.56 Å². The Balaban J connectivity index is 1.65. The standard InChI is InChI=1S/C23H20ClN5O5/c1-4-33-23(31)21-20(26-28-27-21)14-7-10-16(17(11-14)32-3)34-18-12-25-29(22(30)19(18)24)15-8-5-13(2)6-9-15/h5-12H,4H2,1-3H3,(H,26,27,28). The summed E-state index contributed by atoms with van der Waals surface area (Å²) in [6.45, 7) is 3.85. The van der Waals surface area contributed by atoms with Gasteiger partial charge in [-0.25, -0.2) is 4.79 Å². The van der Waals surface area contributed by atoms with Crippen LogP contribution >= 0.6 is 11.6 Å². The van der Waals surface area contributed by atoms with Crippen LogP contribution in [0.3, 0.4) is 0 Å². The molecule has 0 spiro atoms. The van der Waals surface area contributed by atoms with Gasteiger partial charge in [-0.05, 0) is 44.2 Å². The normalized spacial score (nSPS) is 10.7. The molecule has 11 heteroatoms. The van der Waals surface area contributed by atoms with Gasteiger partial charge in [0.05, 0.1) is 25.6 Å². The van der Waals surface area contributed by atoms with Gasteiger partial charge in [0.25, 0.3) is 5.56 Å². The maximum Gasteiger partial charge on any atom is 0.361 e. The average Bonchev–Trinajstić information content (AvgIpc) is 3.33. The van der Waals surface area contributed by atoms with Gasteiger partial charge in [-0.1, -0.05) is 29.3 Å². The van der Waals surface area contributed by atoms with Crippen LogP contribution in [0, 0.1) is 6.92 Å². The van der Waals surface area contributed by atoms with Crippen LogP contribution < -0.4 is 15.0 Å². The molecule has 4 rings (SSSR count). The van der Waals surface area contributed by atoms with Crippen LogP contribution in [0.2, 0.25) is 5.02 Å². The molecule has 0 bridgehead atoms. The summed E-state index contributed by atoms with van der Waals surface area (Å²) in [5.41, 5.74) is 1.99. The Morgan fingerprint density at radius 2 is 1.85 bits per heavy atom. The van der Waals surface area contributed by atoms with E-state index in [1.807, 2.05) is 19.1 Å². The summed E-state index contributed by atoms with van der Waals surface area (Å²) >= 11 is 6.31. The van der Waals surface area contributed by atoms with Crippen LogP contribution in [-0.2, 0) is 4.74 Å². The molecule has 0 radical (unpaired) electrons. The number of nitrogens with zero attached hydrogens (tertiary/aromatic N) is 4. The van der Waals surface area contributed by atoms with Gasteiger partial charge in [-0.15, -0.1) is 5.10 Å². The third-order valence-corrected chi connectivity index (χ3v) is 5.19. The number of halogens is 1. The summed E-state index contributed by atoms with van der Waals surface area (Å²) in [6.07, 6.45) is 1.35. The van der Waals surface area contributed by atoms with Gasteiger partial charge >= 0.3 is 5.97 Å². The van der Waals surface area contributed by atoms with Gasteiger partial charge in [0.15, 0.2) is 28.0 Å². The third kappa shape index (κ3) is 4.48. The van der Waals surface area contributed by atoms with Crippen LogP contribution in [0.4, 0.5) is 0 Å². The Morgan fingerprint density at radius 1 is 1.09 bits per heavy atom. The van der Waals surface area contributed by atoms with Gasteiger partial charge < -0.3 is 14.2 Å². The van der Waals surface area contributed by atoms with Gasteiger partial charge in [0.1, 0.15) is 5.69 Å². The highest BCUT2D eigenvalue weighted by atomic mass is 35.5. The van der Waals surface area contributed by atoms with Crippen molar-refractivity contribution in [1.29, 1.82) is 0 Å². The number of methoxy groups -OCH3 is 1. The fraction of sp³-hybridized carbons (Fsp3) is 0.174. The number of H-pyrrole nitrogens is 1. The van der Waals surface area contributed by atoms with Gasteiger partial charge in [-0.2, -0.15) is 20.1 Å². The molecule has 0 aliphatic carbocycles. The Hall–Kier alpha value is -4.18. The second kappa shape index (κ2) is 9.75. The monoisotopic (exact) mass is 481 g/mol. The maximum absolute atomic E-state index is 12.8. The molecule has 4 aromatic rings. The largest absolute Gasteiger partial charge is 0.493 e. The Morgan fingerprint density at radius 3 is 2.56 bits per heavy atom. The Kier molecular flexibility index (Phi) is 6.60. The maximum atomic E-state index is 12.8. The van der Waals surface area contributed by atoms with Gasteiger partial charge in [-0.3, -0.25) is 4.79 Å². The van der Waals surface area contributed by atoms with E-state index in [1.165, 1.54) is 18.0 Å². The van der Waals surface area contributed by atoms with Crippen LogP contribution in [0.15, 0.2) is 53.5 Å². The summed E-state index contributed by atoms with van der Waals surface area (Å²) in [5.74, 6) is 0.0602. The quantitative estimate of drug-likeness (QED) is 0.394. The van der Waals surface area contributed by atoms with Crippen LogP contribution in [-0.4, -0.2) is 44.9 Å². The first kappa shape index (κ1) is 23.0. The number of aromatic amines is 1. The number of carbonyl (C=O) groups excluding carboxylic acids is 1. The SMILES string of the molecule is CCOC(=O)c1n[nH]nc1-c1ccc(Oc2cnn(-c3ccc(C)cc3)c(=O)c2Cl)c(OC)c1. The van der Waals surface area contributed by atoms with Crippen LogP contribution in [0.1, 0.15) is 23.0 Å². The lowest BCUT2D eigenvalue weighted by Gasteiger charge is -2.13. The highest BCUT2D eigenvalue weighted by Crippen LogP contribution is 2.36. The molecule has 0 saturated heterocycles. The molecule has 0 fully saturated rings. The molecule has 0 saturated carbocycles. The van der Waals surface area contributed by atoms with E-state index >= 15 is 0 Å². The first-order valence-corrected chi connectivity index (χ1v) is 10.6. The number of benzene rings is 2. The zero-order valence-electron chi connectivity index (χ0n) is 18.5. The van der Waals surface area contributed by atoms with Crippen molar-refractivity contribution in [2.24, 2.45) is 0 Å². The zero-order chi connectivity index (χ0) is 24.2. The number of esters is 1. The molecule has 1 N–H and O–H groups in total. The summed E-state index contributed by atoms with van der Waals surface area (Å²) < 4.78 is 17.5. The molecule has 0 amide bonds. The molecule has 0 unspecified atom stereocenters. The molecule has 0 aliphatic rings. The predicted molar refractivity (Wildman–Crippen MR) is 124 cm³/mol. The second-order valence-corrected chi connectivity index (χ2v) is 7.46. The molecule has 2 aromatic carbocycles. The lowest BCUT2D eigenvalue weighted by atomic mass is 10.1. The minimum atomic E-state index is -0.599. The zero-order valence-corrected chi connectivity index (χ0v) is 19.3. The highest BCUT2D eigenvalue weighted by molar-refractivity contribution is 6.31. The van der Waals surface area contributed by atoms with E-state index in [0.29, 0.717) is 22.7 Å². The number of hydrogen-bond donors (Lipinski definition) is 1. The Labute approximate surface area is 199 Å². The van der Waals surface area contributed by atoms with Crippen molar-refractivity contribution in [3.8, 4) is 34.2 Å². The number of aromatic nitrogens is 5. The average molecular weight is 482 g/mol. The topological polar surface area (TPSA) is 121 Å². The first-order chi connectivity index (χ1) is 16.4. The molecule has 10 nitrogen and oxygen atoms in total. The summed E-state index contributed by atoms with van der Waals surface area (Å²) in [4.78, 5) is 24.9. The van der Waals surface area contributed by atoms with E-state index in [0.717, 1.165) is 5.56 Å². The molecule has 2 heterocycles.